The number of nitrogens with zero attached hydrogens (tertiary/aromatic N) is 1. The summed E-state index contributed by atoms with van der Waals surface area (Å²) in [7, 11) is 0. The van der Waals surface area contributed by atoms with Crippen LogP contribution in [0.1, 0.15) is 19.4 Å². The molecule has 0 spiro atoms. The maximum Gasteiger partial charge on any atom is 0.0811 e. The van der Waals surface area contributed by atoms with Gasteiger partial charge < -0.3 is 0 Å². The van der Waals surface area contributed by atoms with E-state index >= 15 is 0 Å². The van der Waals surface area contributed by atoms with E-state index in [0.29, 0.717) is 0 Å². The van der Waals surface area contributed by atoms with Gasteiger partial charge in [0.15, 0.2) is 0 Å². The second-order valence-electron chi connectivity index (χ2n) is 4.17. The predicted octanol–water partition coefficient (Wildman–Crippen LogP) is 4.01. The number of rotatable bonds is 3. The van der Waals surface area contributed by atoms with E-state index < -0.39 is 0 Å². The molecule has 0 saturated heterocycles. The van der Waals surface area contributed by atoms with E-state index in [1.54, 1.807) is 11.3 Å². The van der Waals surface area contributed by atoms with Gasteiger partial charge in [0.05, 0.1) is 11.2 Å². The Labute approximate surface area is 94.8 Å². The van der Waals surface area contributed by atoms with E-state index in [-0.39, 0.29) is 0 Å². The highest BCUT2D eigenvalue weighted by atomic mass is 32.1. The molecule has 0 saturated carbocycles. The second-order valence-corrected chi connectivity index (χ2v) is 4.89. The molecule has 0 amide bonds. The maximum absolute atomic E-state index is 4.30. The molecule has 2 heteroatoms. The van der Waals surface area contributed by atoms with E-state index in [9.17, 15) is 0 Å². The molecule has 2 aromatic rings. The van der Waals surface area contributed by atoms with E-state index in [0.717, 1.165) is 18.0 Å². The molecule has 0 radical (unpaired) electrons. The van der Waals surface area contributed by atoms with Gasteiger partial charge in [0.25, 0.3) is 0 Å². The first-order chi connectivity index (χ1) is 7.25. The fourth-order valence-electron chi connectivity index (χ4n) is 1.64. The van der Waals surface area contributed by atoms with Crippen LogP contribution >= 0.6 is 11.3 Å². The zero-order chi connectivity index (χ0) is 10.7. The van der Waals surface area contributed by atoms with Crippen molar-refractivity contribution >= 4 is 11.3 Å². The lowest BCUT2D eigenvalue weighted by molar-refractivity contribution is 0.647. The maximum atomic E-state index is 4.30. The Hall–Kier alpha value is -1.15. The van der Waals surface area contributed by atoms with Crippen molar-refractivity contribution in [2.75, 3.05) is 0 Å². The Bertz CT molecular complexity index is 401. The van der Waals surface area contributed by atoms with E-state index in [4.69, 9.17) is 0 Å². The summed E-state index contributed by atoms with van der Waals surface area (Å²) in [6.45, 7) is 4.49. The van der Waals surface area contributed by atoms with Crippen LogP contribution in [0.5, 0.6) is 0 Å². The molecule has 1 aromatic carbocycles. The van der Waals surface area contributed by atoms with Crippen LogP contribution in [0.2, 0.25) is 0 Å². The van der Waals surface area contributed by atoms with Crippen LogP contribution in [0, 0.1) is 5.92 Å². The lowest BCUT2D eigenvalue weighted by Gasteiger charge is -2.05. The van der Waals surface area contributed by atoms with Gasteiger partial charge in [-0.15, -0.1) is 11.3 Å². The summed E-state index contributed by atoms with van der Waals surface area (Å²) < 4.78 is 0. The average Bonchev–Trinajstić information content (AvgIpc) is 2.71. The zero-order valence-corrected chi connectivity index (χ0v) is 9.92. The minimum atomic E-state index is 0.718. The van der Waals surface area contributed by atoms with Crippen molar-refractivity contribution in [2.24, 2.45) is 5.92 Å². The third kappa shape index (κ3) is 2.66. The predicted molar refractivity (Wildman–Crippen MR) is 66.1 cm³/mol. The summed E-state index contributed by atoms with van der Waals surface area (Å²) in [5.41, 5.74) is 5.57. The summed E-state index contributed by atoms with van der Waals surface area (Å²) in [5.74, 6) is 0.718. The number of hydrogen-bond acceptors (Lipinski definition) is 2. The van der Waals surface area contributed by atoms with Crippen LogP contribution in [0.3, 0.4) is 0 Å². The molecule has 0 aliphatic rings. The fraction of sp³-hybridized carbons (Fsp3) is 0.308. The molecule has 0 fully saturated rings. The molecule has 2 rings (SSSR count). The van der Waals surface area contributed by atoms with Crippen LogP contribution in [0.4, 0.5) is 0 Å². The highest BCUT2D eigenvalue weighted by Gasteiger charge is 2.01. The van der Waals surface area contributed by atoms with Crippen molar-refractivity contribution in [1.82, 2.24) is 4.98 Å². The number of thiazole rings is 1. The van der Waals surface area contributed by atoms with Gasteiger partial charge in [0, 0.05) is 10.9 Å². The van der Waals surface area contributed by atoms with Crippen LogP contribution in [-0.2, 0) is 6.42 Å². The molecular formula is C13H15NS. The molecular weight excluding hydrogens is 202 g/mol. The highest BCUT2D eigenvalue weighted by Crippen LogP contribution is 2.20. The lowest BCUT2D eigenvalue weighted by Crippen LogP contribution is -1.93. The van der Waals surface area contributed by atoms with E-state index in [2.05, 4.69) is 48.5 Å². The third-order valence-electron chi connectivity index (χ3n) is 2.33. The summed E-state index contributed by atoms with van der Waals surface area (Å²) in [5, 5.41) is 2.08. The van der Waals surface area contributed by atoms with Gasteiger partial charge in [-0.25, -0.2) is 4.98 Å². The normalized spacial score (nSPS) is 10.9. The summed E-state index contributed by atoms with van der Waals surface area (Å²) in [6.07, 6.45) is 1.15. The Morgan fingerprint density at radius 3 is 2.47 bits per heavy atom. The smallest absolute Gasteiger partial charge is 0.0811 e. The molecule has 0 aliphatic heterocycles. The number of benzene rings is 1. The average molecular weight is 217 g/mol. The Kier molecular flexibility index (Phi) is 3.17. The summed E-state index contributed by atoms with van der Waals surface area (Å²) in [4.78, 5) is 4.30. The van der Waals surface area contributed by atoms with Crippen LogP contribution in [0.25, 0.3) is 11.3 Å². The highest BCUT2D eigenvalue weighted by molar-refractivity contribution is 7.07. The van der Waals surface area contributed by atoms with E-state index in [1.165, 1.54) is 11.1 Å². The van der Waals surface area contributed by atoms with Crippen molar-refractivity contribution in [1.29, 1.82) is 0 Å². The van der Waals surface area contributed by atoms with Gasteiger partial charge in [0.1, 0.15) is 0 Å². The van der Waals surface area contributed by atoms with Crippen molar-refractivity contribution in [3.63, 3.8) is 0 Å². The zero-order valence-electron chi connectivity index (χ0n) is 9.10. The van der Waals surface area contributed by atoms with Gasteiger partial charge in [-0.2, -0.15) is 0 Å². The Morgan fingerprint density at radius 2 is 1.93 bits per heavy atom. The molecule has 0 unspecified atom stereocenters. The monoisotopic (exact) mass is 217 g/mol. The van der Waals surface area contributed by atoms with Crippen LogP contribution < -0.4 is 0 Å². The molecule has 0 N–H and O–H groups in total. The second kappa shape index (κ2) is 4.58. The minimum Gasteiger partial charge on any atom is -0.245 e. The quantitative estimate of drug-likeness (QED) is 0.757. The topological polar surface area (TPSA) is 12.9 Å². The van der Waals surface area contributed by atoms with Gasteiger partial charge in [-0.1, -0.05) is 38.1 Å². The van der Waals surface area contributed by atoms with Gasteiger partial charge in [0.2, 0.25) is 0 Å². The first kappa shape index (κ1) is 10.4. The molecule has 0 atom stereocenters. The number of hydrogen-bond donors (Lipinski definition) is 0. The molecule has 1 aromatic heterocycles. The molecule has 0 bridgehead atoms. The van der Waals surface area contributed by atoms with Crippen molar-refractivity contribution in [2.45, 2.75) is 20.3 Å². The molecule has 0 aliphatic carbocycles. The van der Waals surface area contributed by atoms with Crippen molar-refractivity contribution in [3.05, 3.63) is 40.7 Å². The molecule has 15 heavy (non-hydrogen) atoms. The van der Waals surface area contributed by atoms with Crippen LogP contribution in [0.15, 0.2) is 35.2 Å². The summed E-state index contributed by atoms with van der Waals surface area (Å²) >= 11 is 1.64. The van der Waals surface area contributed by atoms with Gasteiger partial charge in [-0.3, -0.25) is 0 Å². The molecule has 1 nitrogen and oxygen atoms in total. The summed E-state index contributed by atoms with van der Waals surface area (Å²) in [6, 6.07) is 8.73. The third-order valence-corrected chi connectivity index (χ3v) is 2.91. The molecule has 78 valence electrons. The Morgan fingerprint density at radius 1 is 1.20 bits per heavy atom. The largest absolute Gasteiger partial charge is 0.245 e. The first-order valence-electron chi connectivity index (χ1n) is 5.23. The minimum absolute atomic E-state index is 0.718. The molecule has 1 heterocycles. The van der Waals surface area contributed by atoms with Crippen molar-refractivity contribution < 1.29 is 0 Å². The van der Waals surface area contributed by atoms with Crippen LogP contribution in [-0.4, -0.2) is 4.98 Å². The van der Waals surface area contributed by atoms with Gasteiger partial charge in [-0.05, 0) is 17.9 Å². The number of aromatic nitrogens is 1. The standard InChI is InChI=1S/C13H15NS/c1-10(2)7-11-3-5-12(6-4-11)13-8-15-9-14-13/h3-6,8-10H,7H2,1-2H3. The SMILES string of the molecule is CC(C)Cc1ccc(-c2cscn2)cc1. The Balaban J connectivity index is 2.17. The van der Waals surface area contributed by atoms with E-state index in [1.807, 2.05) is 5.51 Å². The van der Waals surface area contributed by atoms with Gasteiger partial charge >= 0.3 is 0 Å². The lowest BCUT2D eigenvalue weighted by atomic mass is 10.0. The van der Waals surface area contributed by atoms with Crippen molar-refractivity contribution in [3.8, 4) is 11.3 Å². The first-order valence-corrected chi connectivity index (χ1v) is 6.17. The fourth-order valence-corrected chi connectivity index (χ4v) is 2.20.